The van der Waals surface area contributed by atoms with Crippen LogP contribution in [0.1, 0.15) is 24.1 Å². The molecule has 21 heavy (non-hydrogen) atoms. The Morgan fingerprint density at radius 2 is 1.90 bits per heavy atom. The molecule has 112 valence electrons. The van der Waals surface area contributed by atoms with Crippen molar-refractivity contribution in [1.82, 2.24) is 5.32 Å². The molecule has 2 rings (SSSR count). The predicted molar refractivity (Wildman–Crippen MR) is 84.5 cm³/mol. The number of benzene rings is 2. The molecule has 0 saturated heterocycles. The molecule has 1 atom stereocenters. The molecule has 2 aromatic rings. The minimum absolute atomic E-state index is 0.0526. The third kappa shape index (κ3) is 4.45. The van der Waals surface area contributed by atoms with Gasteiger partial charge in [0.1, 0.15) is 11.6 Å². The zero-order chi connectivity index (χ0) is 15.2. The van der Waals surface area contributed by atoms with E-state index in [0.29, 0.717) is 11.3 Å². The number of ether oxygens (including phenoxy) is 1. The molecule has 0 radical (unpaired) electrons. The van der Waals surface area contributed by atoms with Gasteiger partial charge in [-0.1, -0.05) is 29.8 Å². The molecule has 1 unspecified atom stereocenters. The predicted octanol–water partition coefficient (Wildman–Crippen LogP) is 4.38. The Hall–Kier alpha value is -1.58. The van der Waals surface area contributed by atoms with E-state index in [1.54, 1.807) is 12.1 Å². The van der Waals surface area contributed by atoms with Crippen molar-refractivity contribution >= 4 is 11.6 Å². The molecule has 0 aliphatic rings. The lowest BCUT2D eigenvalue weighted by Crippen LogP contribution is -2.22. The van der Waals surface area contributed by atoms with Crippen LogP contribution < -0.4 is 10.1 Å². The molecule has 2 aromatic carbocycles. The quantitative estimate of drug-likeness (QED) is 0.855. The zero-order valence-electron chi connectivity index (χ0n) is 12.2. The van der Waals surface area contributed by atoms with Gasteiger partial charge in [0.15, 0.2) is 0 Å². The topological polar surface area (TPSA) is 21.3 Å². The van der Waals surface area contributed by atoms with Crippen LogP contribution in [0.15, 0.2) is 42.5 Å². The average Bonchev–Trinajstić information content (AvgIpc) is 2.49. The van der Waals surface area contributed by atoms with E-state index in [-0.39, 0.29) is 11.9 Å². The van der Waals surface area contributed by atoms with Gasteiger partial charge >= 0.3 is 0 Å². The summed E-state index contributed by atoms with van der Waals surface area (Å²) in [4.78, 5) is 0. The Morgan fingerprint density at radius 3 is 2.52 bits per heavy atom. The van der Waals surface area contributed by atoms with E-state index >= 15 is 0 Å². The minimum Gasteiger partial charge on any atom is -0.497 e. The third-order valence-electron chi connectivity index (χ3n) is 3.45. The first-order valence-corrected chi connectivity index (χ1v) is 7.29. The lowest BCUT2D eigenvalue weighted by atomic mass is 10.1. The molecular weight excluding hydrogens is 289 g/mol. The summed E-state index contributed by atoms with van der Waals surface area (Å²) in [6.45, 7) is 2.72. The van der Waals surface area contributed by atoms with Crippen LogP contribution in [0.2, 0.25) is 5.02 Å². The Balaban J connectivity index is 1.89. The van der Waals surface area contributed by atoms with Gasteiger partial charge in [-0.05, 0) is 43.7 Å². The van der Waals surface area contributed by atoms with E-state index in [9.17, 15) is 4.39 Å². The van der Waals surface area contributed by atoms with Crippen molar-refractivity contribution in [2.45, 2.75) is 19.4 Å². The average molecular weight is 308 g/mol. The van der Waals surface area contributed by atoms with Crippen LogP contribution in [0.3, 0.4) is 0 Å². The number of hydrogen-bond donors (Lipinski definition) is 1. The Bertz CT molecular complexity index is 586. The number of rotatable bonds is 6. The van der Waals surface area contributed by atoms with Gasteiger partial charge in [-0.25, -0.2) is 4.39 Å². The summed E-state index contributed by atoms with van der Waals surface area (Å²) in [7, 11) is 1.53. The summed E-state index contributed by atoms with van der Waals surface area (Å²) in [5, 5.41) is 4.06. The highest BCUT2D eigenvalue weighted by molar-refractivity contribution is 6.30. The monoisotopic (exact) mass is 307 g/mol. The second-order valence-electron chi connectivity index (χ2n) is 4.94. The molecule has 0 saturated carbocycles. The van der Waals surface area contributed by atoms with Crippen molar-refractivity contribution in [2.75, 3.05) is 13.7 Å². The first-order valence-electron chi connectivity index (χ1n) is 6.91. The molecule has 4 heteroatoms. The van der Waals surface area contributed by atoms with Gasteiger partial charge < -0.3 is 10.1 Å². The van der Waals surface area contributed by atoms with E-state index < -0.39 is 0 Å². The molecule has 0 aliphatic carbocycles. The molecule has 0 amide bonds. The standard InChI is InChI=1S/C17H19ClFNO/c1-12(16-8-7-15(21-2)11-17(16)19)20-10-9-13-3-5-14(18)6-4-13/h3-8,11-12,20H,9-10H2,1-2H3. The molecular formula is C17H19ClFNO. The minimum atomic E-state index is -0.249. The highest BCUT2D eigenvalue weighted by Crippen LogP contribution is 2.21. The van der Waals surface area contributed by atoms with Crippen LogP contribution in [0.25, 0.3) is 0 Å². The second-order valence-corrected chi connectivity index (χ2v) is 5.38. The van der Waals surface area contributed by atoms with E-state index in [4.69, 9.17) is 16.3 Å². The van der Waals surface area contributed by atoms with Crippen molar-refractivity contribution in [3.63, 3.8) is 0 Å². The fourth-order valence-electron chi connectivity index (χ4n) is 2.18. The molecule has 0 spiro atoms. The number of hydrogen-bond acceptors (Lipinski definition) is 2. The Kier molecular flexibility index (Phi) is 5.59. The lowest BCUT2D eigenvalue weighted by Gasteiger charge is -2.15. The maximum Gasteiger partial charge on any atom is 0.131 e. The van der Waals surface area contributed by atoms with Crippen LogP contribution in [0, 0.1) is 5.82 Å². The molecule has 2 nitrogen and oxygen atoms in total. The van der Waals surface area contributed by atoms with Gasteiger partial charge in [0.25, 0.3) is 0 Å². The smallest absolute Gasteiger partial charge is 0.131 e. The number of halogens is 2. The van der Waals surface area contributed by atoms with E-state index in [0.717, 1.165) is 18.0 Å². The van der Waals surface area contributed by atoms with Crippen LogP contribution in [-0.4, -0.2) is 13.7 Å². The van der Waals surface area contributed by atoms with E-state index in [2.05, 4.69) is 5.32 Å². The van der Waals surface area contributed by atoms with Crippen LogP contribution in [0.4, 0.5) is 4.39 Å². The summed E-state index contributed by atoms with van der Waals surface area (Å²) >= 11 is 5.85. The maximum atomic E-state index is 13.9. The van der Waals surface area contributed by atoms with Crippen molar-refractivity contribution in [3.05, 3.63) is 64.4 Å². The number of methoxy groups -OCH3 is 1. The zero-order valence-corrected chi connectivity index (χ0v) is 13.0. The number of nitrogens with one attached hydrogen (secondary N) is 1. The molecule has 0 heterocycles. The van der Waals surface area contributed by atoms with Gasteiger partial charge in [0.05, 0.1) is 7.11 Å². The fourth-order valence-corrected chi connectivity index (χ4v) is 2.31. The first kappa shape index (κ1) is 15.8. The highest BCUT2D eigenvalue weighted by atomic mass is 35.5. The van der Waals surface area contributed by atoms with Gasteiger partial charge in [-0.3, -0.25) is 0 Å². The second kappa shape index (κ2) is 7.43. The summed E-state index contributed by atoms with van der Waals surface area (Å²) in [5.74, 6) is 0.283. The largest absolute Gasteiger partial charge is 0.497 e. The van der Waals surface area contributed by atoms with E-state index in [1.807, 2.05) is 31.2 Å². The Labute approximate surface area is 129 Å². The molecule has 0 aromatic heterocycles. The lowest BCUT2D eigenvalue weighted by molar-refractivity contribution is 0.409. The summed E-state index contributed by atoms with van der Waals surface area (Å²) in [6.07, 6.45) is 0.874. The van der Waals surface area contributed by atoms with Gasteiger partial charge in [0.2, 0.25) is 0 Å². The normalized spacial score (nSPS) is 12.2. The van der Waals surface area contributed by atoms with Crippen LogP contribution >= 0.6 is 11.6 Å². The van der Waals surface area contributed by atoms with Crippen molar-refractivity contribution in [1.29, 1.82) is 0 Å². The van der Waals surface area contributed by atoms with E-state index in [1.165, 1.54) is 18.7 Å². The van der Waals surface area contributed by atoms with Crippen LogP contribution in [-0.2, 0) is 6.42 Å². The van der Waals surface area contributed by atoms with Crippen molar-refractivity contribution in [2.24, 2.45) is 0 Å². The maximum absolute atomic E-state index is 13.9. The highest BCUT2D eigenvalue weighted by Gasteiger charge is 2.11. The summed E-state index contributed by atoms with van der Waals surface area (Å²) < 4.78 is 19.0. The summed E-state index contributed by atoms with van der Waals surface area (Å²) in [5.41, 5.74) is 1.85. The van der Waals surface area contributed by atoms with Crippen molar-refractivity contribution < 1.29 is 9.13 Å². The summed E-state index contributed by atoms with van der Waals surface area (Å²) in [6, 6.07) is 12.7. The third-order valence-corrected chi connectivity index (χ3v) is 3.70. The van der Waals surface area contributed by atoms with Gasteiger partial charge in [-0.15, -0.1) is 0 Å². The van der Waals surface area contributed by atoms with Gasteiger partial charge in [-0.2, -0.15) is 0 Å². The fraction of sp³-hybridized carbons (Fsp3) is 0.294. The van der Waals surface area contributed by atoms with Crippen LogP contribution in [0.5, 0.6) is 5.75 Å². The van der Waals surface area contributed by atoms with Gasteiger partial charge in [0, 0.05) is 22.7 Å². The molecule has 1 N–H and O–H groups in total. The van der Waals surface area contributed by atoms with Crippen molar-refractivity contribution in [3.8, 4) is 5.75 Å². The first-order chi connectivity index (χ1) is 10.1. The molecule has 0 aliphatic heterocycles. The Morgan fingerprint density at radius 1 is 1.19 bits per heavy atom. The molecule has 0 fully saturated rings. The molecule has 0 bridgehead atoms. The SMILES string of the molecule is COc1ccc(C(C)NCCc2ccc(Cl)cc2)c(F)c1.